The first kappa shape index (κ1) is 20.2. The predicted octanol–water partition coefficient (Wildman–Crippen LogP) is 2.48. The summed E-state index contributed by atoms with van der Waals surface area (Å²) in [7, 11) is 1.59. The fourth-order valence-electron chi connectivity index (χ4n) is 2.84. The highest BCUT2D eigenvalue weighted by Crippen LogP contribution is 2.17. The van der Waals surface area contributed by atoms with Gasteiger partial charge in [0, 0.05) is 43.6 Å². The molecule has 0 bridgehead atoms. The van der Waals surface area contributed by atoms with Gasteiger partial charge in [-0.25, -0.2) is 14.4 Å². The van der Waals surface area contributed by atoms with E-state index < -0.39 is 0 Å². The van der Waals surface area contributed by atoms with Crippen LogP contribution in [0.1, 0.15) is 5.56 Å². The van der Waals surface area contributed by atoms with Crippen LogP contribution in [0.2, 0.25) is 0 Å². The Bertz CT molecular complexity index is 733. The molecule has 0 amide bonds. The number of aliphatic imine (C=N–C) groups is 1. The first-order valence-corrected chi connectivity index (χ1v) is 8.20. The van der Waals surface area contributed by atoms with E-state index in [2.05, 4.69) is 19.8 Å². The number of nitrogens with zero attached hydrogens (tertiary/aromatic N) is 4. The Balaban J connectivity index is 0.00000243. The topological polar surface area (TPSA) is 67.0 Å². The minimum atomic E-state index is -0.218. The number of hydrogen-bond donors (Lipinski definition) is 1. The van der Waals surface area contributed by atoms with Gasteiger partial charge in [-0.05, 0) is 30.3 Å². The van der Waals surface area contributed by atoms with E-state index in [1.165, 1.54) is 12.1 Å². The van der Waals surface area contributed by atoms with Crippen LogP contribution >= 0.6 is 24.0 Å². The molecule has 0 atom stereocenters. The van der Waals surface area contributed by atoms with E-state index in [9.17, 15) is 4.39 Å². The maximum absolute atomic E-state index is 13.0. The van der Waals surface area contributed by atoms with Crippen LogP contribution in [0.15, 0.2) is 47.6 Å². The number of rotatable bonds is 4. The molecule has 2 aromatic rings. The maximum atomic E-state index is 13.0. The van der Waals surface area contributed by atoms with Crippen molar-refractivity contribution in [3.05, 3.63) is 54.0 Å². The predicted molar refractivity (Wildman–Crippen MR) is 112 cm³/mol. The van der Waals surface area contributed by atoms with Crippen molar-refractivity contribution in [2.45, 2.75) is 6.54 Å². The molecule has 0 radical (unpaired) electrons. The van der Waals surface area contributed by atoms with Gasteiger partial charge >= 0.3 is 0 Å². The number of halogens is 2. The van der Waals surface area contributed by atoms with E-state index in [0.717, 1.165) is 37.4 Å². The Labute approximate surface area is 169 Å². The van der Waals surface area contributed by atoms with Crippen LogP contribution in [0.4, 0.5) is 10.1 Å². The third-order valence-electron chi connectivity index (χ3n) is 4.25. The Kier molecular flexibility index (Phi) is 7.43. The molecule has 3 rings (SSSR count). The Morgan fingerprint density at radius 2 is 1.88 bits per heavy atom. The second-order valence-corrected chi connectivity index (χ2v) is 5.80. The van der Waals surface area contributed by atoms with E-state index in [1.54, 1.807) is 25.4 Å². The molecule has 1 saturated heterocycles. The van der Waals surface area contributed by atoms with Gasteiger partial charge in [-0.3, -0.25) is 0 Å². The minimum absolute atomic E-state index is 0. The summed E-state index contributed by atoms with van der Waals surface area (Å²) in [5.41, 5.74) is 8.06. The lowest BCUT2D eigenvalue weighted by Gasteiger charge is -2.36. The molecule has 1 aromatic carbocycles. The standard InChI is InChI=1S/C18H22FN5O.HI/c1-25-17-14(3-2-8-21-17)13-22-18(20)24-11-9-23(10-12-24)16-6-4-15(19)5-7-16;/h2-8H,9-13H2,1H3,(H2,20,22);1H. The molecule has 0 saturated carbocycles. The van der Waals surface area contributed by atoms with E-state index >= 15 is 0 Å². The number of nitrogens with two attached hydrogens (primary N) is 1. The molecule has 0 spiro atoms. The Morgan fingerprint density at radius 1 is 1.19 bits per heavy atom. The summed E-state index contributed by atoms with van der Waals surface area (Å²) in [5, 5.41) is 0. The number of piperazine rings is 1. The van der Waals surface area contributed by atoms with Gasteiger partial charge in [0.15, 0.2) is 5.96 Å². The van der Waals surface area contributed by atoms with Crippen LogP contribution < -0.4 is 15.4 Å². The fraction of sp³-hybridized carbons (Fsp3) is 0.333. The average Bonchev–Trinajstić information content (AvgIpc) is 2.67. The van der Waals surface area contributed by atoms with Crippen LogP contribution in [0, 0.1) is 5.82 Å². The van der Waals surface area contributed by atoms with Gasteiger partial charge in [0.05, 0.1) is 13.7 Å². The van der Waals surface area contributed by atoms with Crippen molar-refractivity contribution in [3.8, 4) is 5.88 Å². The van der Waals surface area contributed by atoms with E-state index in [4.69, 9.17) is 10.5 Å². The molecule has 1 aliphatic rings. The van der Waals surface area contributed by atoms with Gasteiger partial charge in [-0.2, -0.15) is 0 Å². The van der Waals surface area contributed by atoms with E-state index in [-0.39, 0.29) is 29.8 Å². The third kappa shape index (κ3) is 4.96. The average molecular weight is 471 g/mol. The summed E-state index contributed by atoms with van der Waals surface area (Å²) in [5.74, 6) is 0.870. The summed E-state index contributed by atoms with van der Waals surface area (Å²) >= 11 is 0. The van der Waals surface area contributed by atoms with Gasteiger partial charge in [-0.15, -0.1) is 24.0 Å². The van der Waals surface area contributed by atoms with Crippen molar-refractivity contribution < 1.29 is 9.13 Å². The lowest BCUT2D eigenvalue weighted by atomic mass is 10.2. The van der Waals surface area contributed by atoms with E-state index in [0.29, 0.717) is 18.4 Å². The zero-order valence-electron chi connectivity index (χ0n) is 14.6. The summed E-state index contributed by atoms with van der Waals surface area (Å²) in [4.78, 5) is 12.9. The van der Waals surface area contributed by atoms with Crippen molar-refractivity contribution in [1.29, 1.82) is 0 Å². The maximum Gasteiger partial charge on any atom is 0.218 e. The first-order chi connectivity index (χ1) is 12.2. The van der Waals surface area contributed by atoms with Crippen molar-refractivity contribution in [2.75, 3.05) is 38.2 Å². The number of pyridine rings is 1. The SMILES string of the molecule is COc1ncccc1CN=C(N)N1CCN(c2ccc(F)cc2)CC1.I. The van der Waals surface area contributed by atoms with Gasteiger partial charge in [0.2, 0.25) is 5.88 Å². The van der Waals surface area contributed by atoms with Crippen LogP contribution in [0.25, 0.3) is 0 Å². The van der Waals surface area contributed by atoms with Gasteiger partial charge in [-0.1, -0.05) is 6.07 Å². The fourth-order valence-corrected chi connectivity index (χ4v) is 2.84. The molecule has 140 valence electrons. The molecule has 1 aliphatic heterocycles. The first-order valence-electron chi connectivity index (χ1n) is 8.20. The van der Waals surface area contributed by atoms with Crippen molar-refractivity contribution in [2.24, 2.45) is 10.7 Å². The van der Waals surface area contributed by atoms with Crippen LogP contribution in [-0.2, 0) is 6.54 Å². The quantitative estimate of drug-likeness (QED) is 0.422. The van der Waals surface area contributed by atoms with Crippen molar-refractivity contribution in [1.82, 2.24) is 9.88 Å². The number of aromatic nitrogens is 1. The lowest BCUT2D eigenvalue weighted by molar-refractivity contribution is 0.379. The van der Waals surface area contributed by atoms with Crippen LogP contribution in [0.5, 0.6) is 5.88 Å². The number of anilines is 1. The molecule has 6 nitrogen and oxygen atoms in total. The normalized spacial score (nSPS) is 14.8. The number of hydrogen-bond acceptors (Lipinski definition) is 4. The van der Waals surface area contributed by atoms with Crippen molar-refractivity contribution in [3.63, 3.8) is 0 Å². The smallest absolute Gasteiger partial charge is 0.218 e. The molecule has 26 heavy (non-hydrogen) atoms. The molecular formula is C18H23FIN5O. The number of benzene rings is 1. The minimum Gasteiger partial charge on any atom is -0.481 e. The molecular weight excluding hydrogens is 448 g/mol. The molecule has 1 fully saturated rings. The molecule has 1 aromatic heterocycles. The number of ether oxygens (including phenoxy) is 1. The second kappa shape index (κ2) is 9.56. The Morgan fingerprint density at radius 3 is 2.54 bits per heavy atom. The van der Waals surface area contributed by atoms with Crippen LogP contribution in [0.3, 0.4) is 0 Å². The molecule has 2 N–H and O–H groups in total. The lowest BCUT2D eigenvalue weighted by Crippen LogP contribution is -2.51. The molecule has 8 heteroatoms. The summed E-state index contributed by atoms with van der Waals surface area (Å²) in [6.45, 7) is 3.62. The van der Waals surface area contributed by atoms with Crippen molar-refractivity contribution >= 4 is 35.6 Å². The zero-order valence-corrected chi connectivity index (χ0v) is 17.0. The zero-order chi connectivity index (χ0) is 17.6. The number of guanidine groups is 1. The third-order valence-corrected chi connectivity index (χ3v) is 4.25. The Hall–Kier alpha value is -2.10. The largest absolute Gasteiger partial charge is 0.481 e. The molecule has 0 unspecified atom stereocenters. The summed E-state index contributed by atoms with van der Waals surface area (Å²) in [6.07, 6.45) is 1.68. The molecule has 2 heterocycles. The highest BCUT2D eigenvalue weighted by molar-refractivity contribution is 14.0. The second-order valence-electron chi connectivity index (χ2n) is 5.80. The monoisotopic (exact) mass is 471 g/mol. The van der Waals surface area contributed by atoms with E-state index in [1.807, 2.05) is 12.1 Å². The summed E-state index contributed by atoms with van der Waals surface area (Å²) < 4.78 is 18.3. The molecule has 0 aliphatic carbocycles. The highest BCUT2D eigenvalue weighted by Gasteiger charge is 2.18. The van der Waals surface area contributed by atoms with Crippen LogP contribution in [-0.4, -0.2) is 49.1 Å². The number of methoxy groups -OCH3 is 1. The summed E-state index contributed by atoms with van der Waals surface area (Å²) in [6, 6.07) is 10.4. The van der Waals surface area contributed by atoms with Gasteiger partial charge in [0.1, 0.15) is 5.82 Å². The van der Waals surface area contributed by atoms with Gasteiger partial charge < -0.3 is 20.3 Å². The van der Waals surface area contributed by atoms with Gasteiger partial charge in [0.25, 0.3) is 0 Å². The highest BCUT2D eigenvalue weighted by atomic mass is 127.